The molecule has 3 rings (SSSR count). The van der Waals surface area contributed by atoms with E-state index < -0.39 is 11.9 Å². The molecule has 0 spiro atoms. The first-order valence-electron chi connectivity index (χ1n) is 7.98. The van der Waals surface area contributed by atoms with E-state index >= 15 is 0 Å². The first kappa shape index (κ1) is 17.5. The van der Waals surface area contributed by atoms with Crippen molar-refractivity contribution in [3.8, 4) is 11.1 Å². The summed E-state index contributed by atoms with van der Waals surface area (Å²) in [5, 5.41) is 8.50. The van der Waals surface area contributed by atoms with E-state index in [1.807, 2.05) is 0 Å². The maximum absolute atomic E-state index is 13.0. The van der Waals surface area contributed by atoms with Crippen molar-refractivity contribution in [1.82, 2.24) is 15.5 Å². The van der Waals surface area contributed by atoms with E-state index in [9.17, 15) is 18.0 Å². The van der Waals surface area contributed by atoms with Crippen molar-refractivity contribution in [2.24, 2.45) is 0 Å². The summed E-state index contributed by atoms with van der Waals surface area (Å²) in [4.78, 5) is 12.1. The predicted octanol–water partition coefficient (Wildman–Crippen LogP) is 3.31. The number of amides is 1. The van der Waals surface area contributed by atoms with Gasteiger partial charge in [-0.1, -0.05) is 12.1 Å². The predicted molar refractivity (Wildman–Crippen MR) is 85.1 cm³/mol. The standard InChI is InChI=1S/C17H18F3N3O2/c1-10-14(15(23-22-10)17(18,19)20)11-4-6-12(7-5-11)16(24)21-9-13-3-2-8-25-13/h4-7,13H,2-3,8-9H2,1H3,(H,21,24)(H,22,23). The van der Waals surface area contributed by atoms with Crippen molar-refractivity contribution < 1.29 is 22.7 Å². The van der Waals surface area contributed by atoms with Crippen LogP contribution in [0, 0.1) is 6.92 Å². The molecule has 25 heavy (non-hydrogen) atoms. The Kier molecular flexibility index (Phi) is 4.80. The lowest BCUT2D eigenvalue weighted by molar-refractivity contribution is -0.140. The summed E-state index contributed by atoms with van der Waals surface area (Å²) in [5.41, 5.74) is 0.105. The van der Waals surface area contributed by atoms with Crippen molar-refractivity contribution in [2.75, 3.05) is 13.2 Å². The highest BCUT2D eigenvalue weighted by Crippen LogP contribution is 2.37. The van der Waals surface area contributed by atoms with Crippen molar-refractivity contribution in [3.63, 3.8) is 0 Å². The molecule has 0 bridgehead atoms. The van der Waals surface area contributed by atoms with Gasteiger partial charge in [0.25, 0.3) is 5.91 Å². The lowest BCUT2D eigenvalue weighted by atomic mass is 10.0. The normalized spacial score (nSPS) is 17.7. The van der Waals surface area contributed by atoms with Gasteiger partial charge in [-0.25, -0.2) is 0 Å². The Bertz CT molecular complexity index is 747. The number of hydrogen-bond acceptors (Lipinski definition) is 3. The van der Waals surface area contributed by atoms with Crippen molar-refractivity contribution >= 4 is 5.91 Å². The molecule has 134 valence electrons. The van der Waals surface area contributed by atoms with Crippen LogP contribution in [-0.2, 0) is 10.9 Å². The highest BCUT2D eigenvalue weighted by molar-refractivity contribution is 5.94. The Balaban J connectivity index is 1.74. The number of ether oxygens (including phenoxy) is 1. The van der Waals surface area contributed by atoms with E-state index in [2.05, 4.69) is 15.5 Å². The zero-order chi connectivity index (χ0) is 18.0. The summed E-state index contributed by atoms with van der Waals surface area (Å²) in [6.07, 6.45) is -2.61. The molecular weight excluding hydrogens is 335 g/mol. The van der Waals surface area contributed by atoms with Crippen LogP contribution in [0.3, 0.4) is 0 Å². The summed E-state index contributed by atoms with van der Waals surface area (Å²) in [5.74, 6) is -0.276. The zero-order valence-electron chi connectivity index (χ0n) is 13.6. The van der Waals surface area contributed by atoms with E-state index in [1.165, 1.54) is 31.2 Å². The molecular formula is C17H18F3N3O2. The molecule has 0 radical (unpaired) electrons. The highest BCUT2D eigenvalue weighted by Gasteiger charge is 2.37. The fourth-order valence-electron chi connectivity index (χ4n) is 2.89. The van der Waals surface area contributed by atoms with Gasteiger partial charge in [-0.2, -0.15) is 18.3 Å². The Hall–Kier alpha value is -2.35. The van der Waals surface area contributed by atoms with E-state index in [4.69, 9.17) is 4.74 Å². The van der Waals surface area contributed by atoms with Crippen LogP contribution in [0.4, 0.5) is 13.2 Å². The molecule has 1 atom stereocenters. The summed E-state index contributed by atoms with van der Waals surface area (Å²) in [7, 11) is 0. The van der Waals surface area contributed by atoms with Crippen LogP contribution in [0.15, 0.2) is 24.3 Å². The van der Waals surface area contributed by atoms with Crippen LogP contribution >= 0.6 is 0 Å². The minimum absolute atomic E-state index is 0.00110. The maximum atomic E-state index is 13.0. The lowest BCUT2D eigenvalue weighted by Gasteiger charge is -2.11. The second-order valence-electron chi connectivity index (χ2n) is 5.99. The number of aryl methyl sites for hydroxylation is 1. The molecule has 1 amide bonds. The maximum Gasteiger partial charge on any atom is 0.435 e. The fraction of sp³-hybridized carbons (Fsp3) is 0.412. The van der Waals surface area contributed by atoms with Gasteiger partial charge in [-0.05, 0) is 37.5 Å². The number of nitrogens with one attached hydrogen (secondary N) is 2. The lowest BCUT2D eigenvalue weighted by Crippen LogP contribution is -2.31. The average Bonchev–Trinajstić information content (AvgIpc) is 3.21. The number of benzene rings is 1. The topological polar surface area (TPSA) is 67.0 Å². The minimum Gasteiger partial charge on any atom is -0.376 e. The molecule has 1 aromatic heterocycles. The van der Waals surface area contributed by atoms with Crippen molar-refractivity contribution in [1.29, 1.82) is 0 Å². The molecule has 5 nitrogen and oxygen atoms in total. The monoisotopic (exact) mass is 353 g/mol. The number of aromatic nitrogens is 2. The van der Waals surface area contributed by atoms with Crippen LogP contribution in [-0.4, -0.2) is 35.4 Å². The van der Waals surface area contributed by atoms with Gasteiger partial charge >= 0.3 is 6.18 Å². The number of H-pyrrole nitrogens is 1. The molecule has 8 heteroatoms. The molecule has 2 aromatic rings. The number of nitrogens with zero attached hydrogens (tertiary/aromatic N) is 1. The van der Waals surface area contributed by atoms with Gasteiger partial charge in [0.05, 0.1) is 6.10 Å². The quantitative estimate of drug-likeness (QED) is 0.886. The number of carbonyl (C=O) groups is 1. The molecule has 1 fully saturated rings. The molecule has 2 N–H and O–H groups in total. The summed E-state index contributed by atoms with van der Waals surface area (Å²) in [6, 6.07) is 6.00. The van der Waals surface area contributed by atoms with Crippen molar-refractivity contribution in [2.45, 2.75) is 32.0 Å². The minimum atomic E-state index is -4.54. The number of carbonyl (C=O) groups excluding carboxylic acids is 1. The summed E-state index contributed by atoms with van der Waals surface area (Å²) < 4.78 is 44.6. The Morgan fingerprint density at radius 1 is 1.36 bits per heavy atom. The highest BCUT2D eigenvalue weighted by atomic mass is 19.4. The Labute approximate surface area is 142 Å². The van der Waals surface area contributed by atoms with Gasteiger partial charge < -0.3 is 10.1 Å². The molecule has 1 aliphatic heterocycles. The third-order valence-electron chi connectivity index (χ3n) is 4.17. The van der Waals surface area contributed by atoms with Gasteiger partial charge in [0.15, 0.2) is 5.69 Å². The van der Waals surface area contributed by atoms with Gasteiger partial charge in [0.1, 0.15) is 0 Å². The van der Waals surface area contributed by atoms with Crippen LogP contribution < -0.4 is 5.32 Å². The molecule has 1 unspecified atom stereocenters. The molecule has 0 aliphatic carbocycles. The zero-order valence-corrected chi connectivity index (χ0v) is 13.6. The second kappa shape index (κ2) is 6.87. The Morgan fingerprint density at radius 3 is 2.68 bits per heavy atom. The smallest absolute Gasteiger partial charge is 0.376 e. The van der Waals surface area contributed by atoms with Crippen LogP contribution in [0.2, 0.25) is 0 Å². The number of aromatic amines is 1. The summed E-state index contributed by atoms with van der Waals surface area (Å²) in [6.45, 7) is 2.67. The van der Waals surface area contributed by atoms with Gasteiger partial charge in [-0.3, -0.25) is 9.89 Å². The number of hydrogen-bond donors (Lipinski definition) is 2. The second-order valence-corrected chi connectivity index (χ2v) is 5.99. The van der Waals surface area contributed by atoms with Crippen LogP contribution in [0.25, 0.3) is 11.1 Å². The van der Waals surface area contributed by atoms with Crippen LogP contribution in [0.5, 0.6) is 0 Å². The summed E-state index contributed by atoms with van der Waals surface area (Å²) >= 11 is 0. The third kappa shape index (κ3) is 3.84. The molecule has 2 heterocycles. The van der Waals surface area contributed by atoms with Gasteiger partial charge in [0.2, 0.25) is 0 Å². The van der Waals surface area contributed by atoms with E-state index in [0.717, 1.165) is 12.8 Å². The first-order chi connectivity index (χ1) is 11.9. The number of halogens is 3. The van der Waals surface area contributed by atoms with E-state index in [1.54, 1.807) is 0 Å². The van der Waals surface area contributed by atoms with Gasteiger partial charge in [0, 0.05) is 30.0 Å². The molecule has 1 aliphatic rings. The molecule has 1 aromatic carbocycles. The molecule has 1 saturated heterocycles. The SMILES string of the molecule is Cc1[nH]nc(C(F)(F)F)c1-c1ccc(C(=O)NCC2CCCO2)cc1. The number of alkyl halides is 3. The van der Waals surface area contributed by atoms with Gasteiger partial charge in [-0.15, -0.1) is 0 Å². The first-order valence-corrected chi connectivity index (χ1v) is 7.98. The van der Waals surface area contributed by atoms with Crippen LogP contribution in [0.1, 0.15) is 34.6 Å². The fourth-order valence-corrected chi connectivity index (χ4v) is 2.89. The molecule has 0 saturated carbocycles. The van der Waals surface area contributed by atoms with E-state index in [-0.39, 0.29) is 17.6 Å². The van der Waals surface area contributed by atoms with Crippen molar-refractivity contribution in [3.05, 3.63) is 41.2 Å². The largest absolute Gasteiger partial charge is 0.435 e. The third-order valence-corrected chi connectivity index (χ3v) is 4.17. The number of rotatable bonds is 4. The van der Waals surface area contributed by atoms with E-state index in [0.29, 0.717) is 30.0 Å². The average molecular weight is 353 g/mol. The Morgan fingerprint density at radius 2 is 2.08 bits per heavy atom.